The minimum absolute atomic E-state index is 0. The highest BCUT2D eigenvalue weighted by Gasteiger charge is 2.31. The zero-order valence-electron chi connectivity index (χ0n) is 16.5. The van der Waals surface area contributed by atoms with Gasteiger partial charge in [0.05, 0.1) is 40.2 Å². The van der Waals surface area contributed by atoms with E-state index in [1.165, 1.54) is 5.56 Å². The molecule has 1 fully saturated rings. The van der Waals surface area contributed by atoms with E-state index in [-0.39, 0.29) is 36.0 Å². The minimum Gasteiger partial charge on any atom is -1.00 e. The van der Waals surface area contributed by atoms with Gasteiger partial charge in [-0.05, 0) is 29.8 Å². The standard InChI is InChI=1S/C21H23Cl4N3O.HI/c1-28(13-15-3-5-18(23)20(25)11-15)8-6-16(7-9-28)27-21(29)26-12-14-2-4-17(22)19(24)10-14;/h2-5,10-11,16H,6-9,12-13H2,1H3,(H-,26,27,29);1H. The third-order valence-corrected chi connectivity index (χ3v) is 6.83. The Bertz CT molecular complexity index is 889. The smallest absolute Gasteiger partial charge is 0.315 e. The summed E-state index contributed by atoms with van der Waals surface area (Å²) in [6.45, 7) is 3.27. The summed E-state index contributed by atoms with van der Waals surface area (Å²) in [4.78, 5) is 12.2. The van der Waals surface area contributed by atoms with E-state index < -0.39 is 0 Å². The second-order valence-corrected chi connectivity index (χ2v) is 9.45. The molecule has 0 aliphatic carbocycles. The number of halogens is 5. The largest absolute Gasteiger partial charge is 1.00 e. The van der Waals surface area contributed by atoms with E-state index in [1.54, 1.807) is 12.1 Å². The predicted octanol–water partition coefficient (Wildman–Crippen LogP) is 2.91. The third-order valence-electron chi connectivity index (χ3n) is 5.36. The van der Waals surface area contributed by atoms with Crippen LogP contribution in [0.2, 0.25) is 20.1 Å². The number of benzene rings is 2. The lowest BCUT2D eigenvalue weighted by molar-refractivity contribution is -0.927. The number of urea groups is 1. The van der Waals surface area contributed by atoms with Gasteiger partial charge in [-0.15, -0.1) is 0 Å². The van der Waals surface area contributed by atoms with E-state index in [2.05, 4.69) is 17.7 Å². The number of amides is 2. The SMILES string of the molecule is C[N+]1(Cc2ccc(Cl)c(Cl)c2)CCC(NC(=O)NCc2ccc(Cl)c(Cl)c2)CC1.[I-]. The van der Waals surface area contributed by atoms with Crippen LogP contribution in [0.25, 0.3) is 0 Å². The van der Waals surface area contributed by atoms with Crippen LogP contribution in [-0.2, 0) is 13.1 Å². The average molecular weight is 603 g/mol. The highest BCUT2D eigenvalue weighted by molar-refractivity contribution is 6.42. The van der Waals surface area contributed by atoms with Crippen molar-refractivity contribution in [1.82, 2.24) is 10.6 Å². The number of carbonyl (C=O) groups excluding carboxylic acids is 1. The zero-order chi connectivity index (χ0) is 21.0. The quantitative estimate of drug-likeness (QED) is 0.401. The van der Waals surface area contributed by atoms with Crippen LogP contribution in [0.3, 0.4) is 0 Å². The van der Waals surface area contributed by atoms with Crippen LogP contribution in [-0.4, -0.2) is 36.7 Å². The molecule has 0 radical (unpaired) electrons. The Balaban J connectivity index is 0.00000320. The van der Waals surface area contributed by atoms with Crippen LogP contribution < -0.4 is 34.6 Å². The molecule has 2 amide bonds. The molecule has 1 saturated heterocycles. The van der Waals surface area contributed by atoms with Gasteiger partial charge in [-0.3, -0.25) is 0 Å². The van der Waals surface area contributed by atoms with Crippen LogP contribution in [0.5, 0.6) is 0 Å². The molecule has 1 heterocycles. The summed E-state index contributed by atoms with van der Waals surface area (Å²) >= 11 is 24.1. The van der Waals surface area contributed by atoms with Gasteiger partial charge in [0.2, 0.25) is 0 Å². The number of quaternary nitrogens is 1. The highest BCUT2D eigenvalue weighted by Crippen LogP contribution is 2.26. The van der Waals surface area contributed by atoms with Gasteiger partial charge in [0.15, 0.2) is 0 Å². The van der Waals surface area contributed by atoms with Gasteiger partial charge in [0.1, 0.15) is 6.54 Å². The first kappa shape index (κ1) is 25.8. The summed E-state index contributed by atoms with van der Waals surface area (Å²) in [6, 6.07) is 11.2. The Morgan fingerprint density at radius 1 is 0.933 bits per heavy atom. The molecule has 164 valence electrons. The van der Waals surface area contributed by atoms with Crippen LogP contribution in [0.4, 0.5) is 4.79 Å². The van der Waals surface area contributed by atoms with Gasteiger partial charge in [0.25, 0.3) is 0 Å². The molecule has 3 rings (SSSR count). The maximum absolute atomic E-state index is 12.2. The van der Waals surface area contributed by atoms with Gasteiger partial charge in [0, 0.05) is 31.0 Å². The van der Waals surface area contributed by atoms with E-state index >= 15 is 0 Å². The zero-order valence-corrected chi connectivity index (χ0v) is 21.7. The Labute approximate surface area is 214 Å². The van der Waals surface area contributed by atoms with E-state index in [9.17, 15) is 4.79 Å². The molecule has 0 atom stereocenters. The van der Waals surface area contributed by atoms with Crippen LogP contribution in [0.15, 0.2) is 36.4 Å². The average Bonchev–Trinajstić information content (AvgIpc) is 2.68. The minimum atomic E-state index is -0.165. The molecule has 0 aromatic heterocycles. The van der Waals surface area contributed by atoms with E-state index in [0.29, 0.717) is 26.6 Å². The molecule has 2 N–H and O–H groups in total. The van der Waals surface area contributed by atoms with Gasteiger partial charge in [-0.25, -0.2) is 4.79 Å². The van der Waals surface area contributed by atoms with Crippen molar-refractivity contribution in [3.05, 3.63) is 67.6 Å². The van der Waals surface area contributed by atoms with E-state index in [1.807, 2.05) is 24.3 Å². The summed E-state index contributed by atoms with van der Waals surface area (Å²) in [6.07, 6.45) is 1.86. The Morgan fingerprint density at radius 3 is 2.03 bits per heavy atom. The van der Waals surface area contributed by atoms with Crippen molar-refractivity contribution in [2.45, 2.75) is 32.0 Å². The van der Waals surface area contributed by atoms with Crippen molar-refractivity contribution >= 4 is 52.4 Å². The van der Waals surface area contributed by atoms with Crippen molar-refractivity contribution in [1.29, 1.82) is 0 Å². The fraction of sp³-hybridized carbons (Fsp3) is 0.381. The van der Waals surface area contributed by atoms with Crippen molar-refractivity contribution in [3.8, 4) is 0 Å². The molecule has 0 spiro atoms. The van der Waals surface area contributed by atoms with Crippen molar-refractivity contribution in [2.75, 3.05) is 20.1 Å². The lowest BCUT2D eigenvalue weighted by Gasteiger charge is -2.40. The van der Waals surface area contributed by atoms with Crippen LogP contribution >= 0.6 is 46.4 Å². The number of hydrogen-bond donors (Lipinski definition) is 2. The molecule has 1 aliphatic rings. The summed E-state index contributed by atoms with van der Waals surface area (Å²) in [5, 5.41) is 8.11. The fourth-order valence-electron chi connectivity index (χ4n) is 3.64. The lowest BCUT2D eigenvalue weighted by atomic mass is 10.0. The topological polar surface area (TPSA) is 41.1 Å². The summed E-state index contributed by atoms with van der Waals surface area (Å²) in [5.41, 5.74) is 2.08. The number of nitrogens with zero attached hydrogens (tertiary/aromatic N) is 1. The van der Waals surface area contributed by atoms with Crippen molar-refractivity contribution in [2.24, 2.45) is 0 Å². The molecule has 9 heteroatoms. The van der Waals surface area contributed by atoms with E-state index in [4.69, 9.17) is 46.4 Å². The number of nitrogens with one attached hydrogen (secondary N) is 2. The second kappa shape index (κ2) is 11.4. The van der Waals surface area contributed by atoms with Crippen LogP contribution in [0.1, 0.15) is 24.0 Å². The summed E-state index contributed by atoms with van der Waals surface area (Å²) in [7, 11) is 2.24. The first-order chi connectivity index (χ1) is 13.7. The Morgan fingerprint density at radius 2 is 1.47 bits per heavy atom. The van der Waals surface area contributed by atoms with Gasteiger partial charge < -0.3 is 39.1 Å². The Hall–Kier alpha value is -0.440. The third kappa shape index (κ3) is 7.31. The maximum atomic E-state index is 12.2. The highest BCUT2D eigenvalue weighted by atomic mass is 127. The van der Waals surface area contributed by atoms with Gasteiger partial charge in [-0.1, -0.05) is 58.5 Å². The molecule has 4 nitrogen and oxygen atoms in total. The molecular formula is C21H24Cl4IN3O. The second-order valence-electron chi connectivity index (χ2n) is 7.82. The molecule has 2 aromatic rings. The van der Waals surface area contributed by atoms with E-state index in [0.717, 1.165) is 42.5 Å². The first-order valence-electron chi connectivity index (χ1n) is 9.50. The number of carbonyl (C=O) groups is 1. The molecule has 0 bridgehead atoms. The fourth-order valence-corrected chi connectivity index (χ4v) is 4.28. The van der Waals surface area contributed by atoms with Gasteiger partial charge in [-0.2, -0.15) is 0 Å². The molecule has 2 aromatic carbocycles. The number of rotatable bonds is 5. The Kier molecular flexibility index (Phi) is 9.84. The van der Waals surface area contributed by atoms with Crippen molar-refractivity contribution < 1.29 is 33.3 Å². The molecule has 30 heavy (non-hydrogen) atoms. The number of likely N-dealkylation sites (tertiary alicyclic amines) is 1. The van der Waals surface area contributed by atoms with Gasteiger partial charge >= 0.3 is 6.03 Å². The number of hydrogen-bond acceptors (Lipinski definition) is 1. The normalized spacial score (nSPS) is 20.9. The monoisotopic (exact) mass is 601 g/mol. The number of piperidine rings is 1. The lowest BCUT2D eigenvalue weighted by Crippen LogP contribution is -3.00. The van der Waals surface area contributed by atoms with Crippen molar-refractivity contribution in [3.63, 3.8) is 0 Å². The summed E-state index contributed by atoms with van der Waals surface area (Å²) < 4.78 is 0.918. The molecule has 0 saturated carbocycles. The predicted molar refractivity (Wildman–Crippen MR) is 121 cm³/mol. The molecule has 1 aliphatic heterocycles. The molecular weight excluding hydrogens is 579 g/mol. The van der Waals surface area contributed by atoms with Crippen LogP contribution in [0, 0.1) is 0 Å². The molecule has 0 unspecified atom stereocenters. The first-order valence-corrected chi connectivity index (χ1v) is 11.0. The summed E-state index contributed by atoms with van der Waals surface area (Å²) in [5.74, 6) is 0. The maximum Gasteiger partial charge on any atom is 0.315 e.